The molecule has 2 heterocycles. The Balaban J connectivity index is 0.00000363. The van der Waals surface area contributed by atoms with E-state index in [2.05, 4.69) is 56.3 Å². The maximum Gasteiger partial charge on any atom is 0.216 e. The fraction of sp³-hybridized carbons (Fsp3) is 0.591. The number of guanidine groups is 1. The predicted molar refractivity (Wildman–Crippen MR) is 141 cm³/mol. The van der Waals surface area contributed by atoms with Gasteiger partial charge in [-0.15, -0.1) is 24.0 Å². The molecule has 0 atom stereocenters. The lowest BCUT2D eigenvalue weighted by molar-refractivity contribution is 0.0904. The fourth-order valence-electron chi connectivity index (χ4n) is 3.81. The maximum atomic E-state index is 12.5. The number of piperazine rings is 1. The minimum Gasteiger partial charge on any atom is -0.378 e. The summed E-state index contributed by atoms with van der Waals surface area (Å²) >= 11 is 0. The predicted octanol–water partition coefficient (Wildman–Crippen LogP) is 2.60. The summed E-state index contributed by atoms with van der Waals surface area (Å²) in [7, 11) is -1.51. The van der Waals surface area contributed by atoms with E-state index in [0.29, 0.717) is 26.2 Å². The third kappa shape index (κ3) is 7.32. The zero-order valence-corrected chi connectivity index (χ0v) is 22.4. The van der Waals surface area contributed by atoms with Crippen molar-refractivity contribution in [2.45, 2.75) is 32.9 Å². The number of sulfonamides is 1. The van der Waals surface area contributed by atoms with Gasteiger partial charge in [-0.2, -0.15) is 4.31 Å². The van der Waals surface area contributed by atoms with Crippen LogP contribution < -0.4 is 5.32 Å². The van der Waals surface area contributed by atoms with Crippen molar-refractivity contribution in [3.8, 4) is 0 Å². The quantitative estimate of drug-likeness (QED) is 0.215. The molecule has 32 heavy (non-hydrogen) atoms. The molecule has 10 heteroatoms. The molecular weight excluding hydrogens is 541 g/mol. The number of ether oxygens (including phenoxy) is 1. The number of nitrogens with zero attached hydrogens (tertiary/aromatic N) is 4. The normalized spacial score (nSPS) is 15.9. The summed E-state index contributed by atoms with van der Waals surface area (Å²) in [6.45, 7) is 8.00. The molecule has 0 aliphatic carbocycles. The summed E-state index contributed by atoms with van der Waals surface area (Å²) < 4.78 is 34.3. The van der Waals surface area contributed by atoms with E-state index in [4.69, 9.17) is 4.74 Å². The van der Waals surface area contributed by atoms with Gasteiger partial charge in [-0.3, -0.25) is 4.99 Å². The number of fused-ring (bicyclic) bond motifs is 1. The maximum absolute atomic E-state index is 12.5. The molecule has 3 rings (SSSR count). The molecule has 1 N–H and O–H groups in total. The SMILES string of the molecule is CN=C(NCCCn1ccc2ccccc21)N1CCN(S(=O)(=O)CCOC(C)C)CC1.I. The summed E-state index contributed by atoms with van der Waals surface area (Å²) in [4.78, 5) is 6.52. The van der Waals surface area contributed by atoms with Crippen molar-refractivity contribution in [2.24, 2.45) is 4.99 Å². The van der Waals surface area contributed by atoms with E-state index in [1.54, 1.807) is 11.4 Å². The van der Waals surface area contributed by atoms with E-state index in [0.717, 1.165) is 25.5 Å². The second-order valence-electron chi connectivity index (χ2n) is 8.02. The Morgan fingerprint density at radius 3 is 2.56 bits per heavy atom. The van der Waals surface area contributed by atoms with Gasteiger partial charge in [-0.05, 0) is 37.8 Å². The summed E-state index contributed by atoms with van der Waals surface area (Å²) in [6, 6.07) is 10.5. The molecule has 180 valence electrons. The number of aliphatic imine (C=N–C) groups is 1. The van der Waals surface area contributed by atoms with Crippen molar-refractivity contribution in [1.29, 1.82) is 0 Å². The summed E-state index contributed by atoms with van der Waals surface area (Å²) in [5, 5.41) is 4.68. The van der Waals surface area contributed by atoms with Crippen LogP contribution in [-0.4, -0.2) is 86.4 Å². The van der Waals surface area contributed by atoms with Crippen molar-refractivity contribution in [1.82, 2.24) is 19.1 Å². The lowest BCUT2D eigenvalue weighted by atomic mass is 10.2. The van der Waals surface area contributed by atoms with E-state index in [1.807, 2.05) is 13.8 Å². The van der Waals surface area contributed by atoms with Crippen LogP contribution in [-0.2, 0) is 21.3 Å². The molecule has 0 saturated carbocycles. The highest BCUT2D eigenvalue weighted by atomic mass is 127. The second kappa shape index (κ2) is 12.8. The lowest BCUT2D eigenvalue weighted by Crippen LogP contribution is -2.54. The van der Waals surface area contributed by atoms with Gasteiger partial charge < -0.3 is 19.5 Å². The third-order valence-corrected chi connectivity index (χ3v) is 7.31. The van der Waals surface area contributed by atoms with Gasteiger partial charge >= 0.3 is 0 Å². The average Bonchev–Trinajstić information content (AvgIpc) is 3.17. The third-order valence-electron chi connectivity index (χ3n) is 5.47. The minimum atomic E-state index is -3.28. The van der Waals surface area contributed by atoms with Crippen LogP contribution in [0.4, 0.5) is 0 Å². The monoisotopic (exact) mass is 577 g/mol. The number of rotatable bonds is 9. The number of aromatic nitrogens is 1. The van der Waals surface area contributed by atoms with Crippen LogP contribution in [0.5, 0.6) is 0 Å². The van der Waals surface area contributed by atoms with Gasteiger partial charge in [0.05, 0.1) is 18.5 Å². The van der Waals surface area contributed by atoms with E-state index in [-0.39, 0.29) is 42.4 Å². The van der Waals surface area contributed by atoms with E-state index >= 15 is 0 Å². The van der Waals surface area contributed by atoms with E-state index in [1.165, 1.54) is 10.9 Å². The largest absolute Gasteiger partial charge is 0.378 e. The zero-order chi connectivity index (χ0) is 22.3. The summed E-state index contributed by atoms with van der Waals surface area (Å²) in [5.74, 6) is 0.865. The highest BCUT2D eigenvalue weighted by Crippen LogP contribution is 2.15. The van der Waals surface area contributed by atoms with Gasteiger partial charge in [0.25, 0.3) is 0 Å². The van der Waals surface area contributed by atoms with Crippen LogP contribution in [0.2, 0.25) is 0 Å². The van der Waals surface area contributed by atoms with Gasteiger partial charge in [0.2, 0.25) is 10.0 Å². The lowest BCUT2D eigenvalue weighted by Gasteiger charge is -2.35. The smallest absolute Gasteiger partial charge is 0.216 e. The Hall–Kier alpha value is -1.37. The number of hydrogen-bond donors (Lipinski definition) is 1. The Morgan fingerprint density at radius 2 is 1.88 bits per heavy atom. The van der Waals surface area contributed by atoms with Gasteiger partial charge in [-0.25, -0.2) is 8.42 Å². The number of aryl methyl sites for hydroxylation is 1. The number of halogens is 1. The molecule has 0 amide bonds. The molecule has 0 unspecified atom stereocenters. The van der Waals surface area contributed by atoms with Crippen LogP contribution >= 0.6 is 24.0 Å². The van der Waals surface area contributed by atoms with Crippen molar-refractivity contribution in [2.75, 3.05) is 52.1 Å². The van der Waals surface area contributed by atoms with Crippen molar-refractivity contribution < 1.29 is 13.2 Å². The summed E-state index contributed by atoms with van der Waals surface area (Å²) in [6.07, 6.45) is 3.14. The van der Waals surface area contributed by atoms with Gasteiger partial charge in [0, 0.05) is 58.0 Å². The van der Waals surface area contributed by atoms with Crippen LogP contribution in [0.25, 0.3) is 10.9 Å². The van der Waals surface area contributed by atoms with E-state index in [9.17, 15) is 8.42 Å². The molecule has 2 aromatic rings. The van der Waals surface area contributed by atoms with Crippen LogP contribution in [0.15, 0.2) is 41.5 Å². The number of benzene rings is 1. The Kier molecular flexibility index (Phi) is 10.7. The molecule has 1 aromatic carbocycles. The van der Waals surface area contributed by atoms with Gasteiger partial charge in [-0.1, -0.05) is 18.2 Å². The fourth-order valence-corrected chi connectivity index (χ4v) is 5.10. The molecule has 1 fully saturated rings. The molecule has 0 radical (unpaired) electrons. The molecule has 1 saturated heterocycles. The van der Waals surface area contributed by atoms with Crippen molar-refractivity contribution >= 4 is 50.9 Å². The molecular formula is C22H36IN5O3S. The van der Waals surface area contributed by atoms with Crippen LogP contribution in [0.3, 0.4) is 0 Å². The Bertz CT molecular complexity index is 969. The second-order valence-corrected chi connectivity index (χ2v) is 10.1. The molecule has 0 spiro atoms. The molecule has 1 aliphatic heterocycles. The molecule has 8 nitrogen and oxygen atoms in total. The Labute approximate surface area is 209 Å². The highest BCUT2D eigenvalue weighted by Gasteiger charge is 2.27. The van der Waals surface area contributed by atoms with Crippen LogP contribution in [0.1, 0.15) is 20.3 Å². The zero-order valence-electron chi connectivity index (χ0n) is 19.2. The standard InChI is InChI=1S/C22H35N5O3S.HI/c1-19(2)30-17-18-31(28,29)27-15-13-26(14-16-27)22(23-3)24-10-6-11-25-12-9-20-7-4-5-8-21(20)25;/h4-5,7-9,12,19H,6,10-11,13-18H2,1-3H3,(H,23,24);1H. The van der Waals surface area contributed by atoms with Crippen molar-refractivity contribution in [3.05, 3.63) is 36.5 Å². The van der Waals surface area contributed by atoms with Gasteiger partial charge in [0.1, 0.15) is 0 Å². The van der Waals surface area contributed by atoms with E-state index < -0.39 is 10.0 Å². The first-order valence-corrected chi connectivity index (χ1v) is 12.6. The first kappa shape index (κ1) is 26.9. The van der Waals surface area contributed by atoms with Crippen molar-refractivity contribution in [3.63, 3.8) is 0 Å². The first-order valence-electron chi connectivity index (χ1n) is 11.0. The molecule has 1 aliphatic rings. The number of hydrogen-bond acceptors (Lipinski definition) is 4. The first-order chi connectivity index (χ1) is 14.9. The molecule has 0 bridgehead atoms. The summed E-state index contributed by atoms with van der Waals surface area (Å²) in [5.41, 5.74) is 1.25. The average molecular weight is 578 g/mol. The van der Waals surface area contributed by atoms with Crippen LogP contribution in [0, 0.1) is 0 Å². The Morgan fingerprint density at radius 1 is 1.16 bits per heavy atom. The number of nitrogens with one attached hydrogen (secondary N) is 1. The number of para-hydroxylation sites is 1. The molecule has 1 aromatic heterocycles. The van der Waals surface area contributed by atoms with Gasteiger partial charge in [0.15, 0.2) is 5.96 Å². The minimum absolute atomic E-state index is 0. The topological polar surface area (TPSA) is 79.2 Å². The highest BCUT2D eigenvalue weighted by molar-refractivity contribution is 14.0.